The van der Waals surface area contributed by atoms with Gasteiger partial charge in [-0.25, -0.2) is 0 Å². The fourth-order valence-electron chi connectivity index (χ4n) is 2.06. The molecule has 4 nitrogen and oxygen atoms in total. The van der Waals surface area contributed by atoms with E-state index in [2.05, 4.69) is 11.0 Å². The van der Waals surface area contributed by atoms with E-state index in [1.165, 1.54) is 0 Å². The molecule has 2 fully saturated rings. The number of nitrogens with two attached hydrogens (primary N) is 1. The molecule has 1 saturated heterocycles. The predicted molar refractivity (Wildman–Crippen MR) is 67.5 cm³/mol. The van der Waals surface area contributed by atoms with Crippen molar-refractivity contribution in [3.63, 3.8) is 0 Å². The summed E-state index contributed by atoms with van der Waals surface area (Å²) >= 11 is 0. The minimum absolute atomic E-state index is 0.400. The summed E-state index contributed by atoms with van der Waals surface area (Å²) in [5, 5.41) is 0. The lowest BCUT2D eigenvalue weighted by Gasteiger charge is -2.30. The zero-order valence-electron chi connectivity index (χ0n) is 9.89. The SMILES string of the molecule is Nc1ccc(N2CCOCC2)c(OC2CC2)c1. The normalized spacial score (nSPS) is 20.4. The molecule has 1 heterocycles. The highest BCUT2D eigenvalue weighted by Gasteiger charge is 2.26. The van der Waals surface area contributed by atoms with Gasteiger partial charge in [0.2, 0.25) is 0 Å². The third-order valence-electron chi connectivity index (χ3n) is 3.15. The number of anilines is 2. The average molecular weight is 234 g/mol. The number of benzene rings is 1. The third-order valence-corrected chi connectivity index (χ3v) is 3.15. The molecule has 1 aliphatic heterocycles. The first kappa shape index (κ1) is 10.7. The van der Waals surface area contributed by atoms with Crippen molar-refractivity contribution < 1.29 is 9.47 Å². The Bertz CT molecular complexity index is 398. The maximum Gasteiger partial charge on any atom is 0.145 e. The second kappa shape index (κ2) is 4.45. The Balaban J connectivity index is 1.84. The summed E-state index contributed by atoms with van der Waals surface area (Å²) < 4.78 is 11.3. The van der Waals surface area contributed by atoms with Crippen LogP contribution >= 0.6 is 0 Å². The minimum atomic E-state index is 0.400. The van der Waals surface area contributed by atoms with E-state index >= 15 is 0 Å². The second-order valence-corrected chi connectivity index (χ2v) is 4.64. The molecule has 0 spiro atoms. The van der Waals surface area contributed by atoms with E-state index in [1.54, 1.807) is 0 Å². The summed E-state index contributed by atoms with van der Waals surface area (Å²) in [7, 11) is 0. The quantitative estimate of drug-likeness (QED) is 0.808. The molecule has 0 amide bonds. The van der Waals surface area contributed by atoms with Crippen LogP contribution in [0.1, 0.15) is 12.8 Å². The lowest BCUT2D eigenvalue weighted by Crippen LogP contribution is -2.36. The molecule has 2 N–H and O–H groups in total. The molecule has 0 atom stereocenters. The van der Waals surface area contributed by atoms with E-state index in [4.69, 9.17) is 15.2 Å². The van der Waals surface area contributed by atoms with Crippen LogP contribution in [-0.2, 0) is 4.74 Å². The summed E-state index contributed by atoms with van der Waals surface area (Å²) in [5.74, 6) is 0.925. The van der Waals surface area contributed by atoms with Crippen LogP contribution in [0.5, 0.6) is 5.75 Å². The van der Waals surface area contributed by atoms with Gasteiger partial charge < -0.3 is 20.1 Å². The average Bonchev–Trinajstić information content (AvgIpc) is 3.14. The Kier molecular flexibility index (Phi) is 2.81. The van der Waals surface area contributed by atoms with Crippen molar-refractivity contribution >= 4 is 11.4 Å². The minimum Gasteiger partial charge on any atom is -0.488 e. The van der Waals surface area contributed by atoms with Crippen LogP contribution in [0.3, 0.4) is 0 Å². The van der Waals surface area contributed by atoms with Gasteiger partial charge >= 0.3 is 0 Å². The first-order valence-electron chi connectivity index (χ1n) is 6.22. The van der Waals surface area contributed by atoms with Gasteiger partial charge in [0, 0.05) is 24.8 Å². The van der Waals surface area contributed by atoms with Gasteiger partial charge in [0.25, 0.3) is 0 Å². The molecule has 1 aliphatic carbocycles. The van der Waals surface area contributed by atoms with Crippen molar-refractivity contribution in [2.24, 2.45) is 0 Å². The van der Waals surface area contributed by atoms with E-state index in [0.29, 0.717) is 6.10 Å². The second-order valence-electron chi connectivity index (χ2n) is 4.64. The summed E-state index contributed by atoms with van der Waals surface area (Å²) in [6.07, 6.45) is 2.73. The molecule has 0 radical (unpaired) electrons. The molecule has 2 aliphatic rings. The van der Waals surface area contributed by atoms with E-state index in [0.717, 1.165) is 56.3 Å². The van der Waals surface area contributed by atoms with Crippen LogP contribution in [0.15, 0.2) is 18.2 Å². The van der Waals surface area contributed by atoms with Crippen LogP contribution in [0.25, 0.3) is 0 Å². The molecule has 17 heavy (non-hydrogen) atoms. The first-order valence-corrected chi connectivity index (χ1v) is 6.22. The molecular formula is C13H18N2O2. The number of hydrogen-bond donors (Lipinski definition) is 1. The molecule has 0 aromatic heterocycles. The van der Waals surface area contributed by atoms with Crippen molar-refractivity contribution in [2.75, 3.05) is 36.9 Å². The number of nitrogens with zero attached hydrogens (tertiary/aromatic N) is 1. The molecule has 1 aromatic carbocycles. The molecule has 1 saturated carbocycles. The molecule has 92 valence electrons. The Morgan fingerprint density at radius 3 is 2.71 bits per heavy atom. The monoisotopic (exact) mass is 234 g/mol. The number of morpholine rings is 1. The van der Waals surface area contributed by atoms with Crippen molar-refractivity contribution in [3.8, 4) is 5.75 Å². The Morgan fingerprint density at radius 2 is 2.00 bits per heavy atom. The highest BCUT2D eigenvalue weighted by molar-refractivity contribution is 5.64. The van der Waals surface area contributed by atoms with Gasteiger partial charge in [-0.05, 0) is 25.0 Å². The van der Waals surface area contributed by atoms with Gasteiger partial charge in [-0.2, -0.15) is 0 Å². The Hall–Kier alpha value is -1.42. The van der Waals surface area contributed by atoms with Crippen molar-refractivity contribution in [3.05, 3.63) is 18.2 Å². The highest BCUT2D eigenvalue weighted by Crippen LogP contribution is 2.35. The lowest BCUT2D eigenvalue weighted by atomic mass is 10.2. The van der Waals surface area contributed by atoms with Gasteiger partial charge in [-0.3, -0.25) is 0 Å². The fraction of sp³-hybridized carbons (Fsp3) is 0.538. The van der Waals surface area contributed by atoms with Gasteiger partial charge in [0.05, 0.1) is 25.0 Å². The maximum atomic E-state index is 5.93. The largest absolute Gasteiger partial charge is 0.488 e. The maximum absolute atomic E-state index is 5.93. The lowest BCUT2D eigenvalue weighted by molar-refractivity contribution is 0.122. The van der Waals surface area contributed by atoms with E-state index in [9.17, 15) is 0 Å². The van der Waals surface area contributed by atoms with Crippen molar-refractivity contribution in [1.82, 2.24) is 0 Å². The number of nitrogen functional groups attached to an aromatic ring is 1. The van der Waals surface area contributed by atoms with Gasteiger partial charge in [0.1, 0.15) is 5.75 Å². The number of rotatable bonds is 3. The summed E-state index contributed by atoms with van der Waals surface area (Å²) in [4.78, 5) is 2.31. The standard InChI is InChI=1S/C13H18N2O2/c14-10-1-4-12(15-5-7-16-8-6-15)13(9-10)17-11-2-3-11/h1,4,9,11H,2-3,5-8,14H2. The smallest absolute Gasteiger partial charge is 0.145 e. The van der Waals surface area contributed by atoms with Crippen molar-refractivity contribution in [1.29, 1.82) is 0 Å². The van der Waals surface area contributed by atoms with Crippen molar-refractivity contribution in [2.45, 2.75) is 18.9 Å². The molecule has 4 heteroatoms. The van der Waals surface area contributed by atoms with Crippen LogP contribution in [0.4, 0.5) is 11.4 Å². The topological polar surface area (TPSA) is 47.7 Å². The summed E-state index contributed by atoms with van der Waals surface area (Å²) in [5.41, 5.74) is 7.74. The Labute approximate surface area is 101 Å². The predicted octanol–water partition coefficient (Wildman–Crippen LogP) is 1.65. The van der Waals surface area contributed by atoms with E-state index in [-0.39, 0.29) is 0 Å². The Morgan fingerprint density at radius 1 is 1.24 bits per heavy atom. The summed E-state index contributed by atoms with van der Waals surface area (Å²) in [6.45, 7) is 3.41. The van der Waals surface area contributed by atoms with Gasteiger partial charge in [-0.15, -0.1) is 0 Å². The van der Waals surface area contributed by atoms with Crippen LogP contribution in [0, 0.1) is 0 Å². The zero-order valence-corrected chi connectivity index (χ0v) is 9.89. The molecule has 0 bridgehead atoms. The number of ether oxygens (including phenoxy) is 2. The van der Waals surface area contributed by atoms with Gasteiger partial charge in [0.15, 0.2) is 0 Å². The summed E-state index contributed by atoms with van der Waals surface area (Å²) in [6, 6.07) is 5.92. The van der Waals surface area contributed by atoms with Crippen LogP contribution in [-0.4, -0.2) is 32.4 Å². The van der Waals surface area contributed by atoms with E-state index in [1.807, 2.05) is 12.1 Å². The number of hydrogen-bond acceptors (Lipinski definition) is 4. The fourth-order valence-corrected chi connectivity index (χ4v) is 2.06. The van der Waals surface area contributed by atoms with Gasteiger partial charge in [-0.1, -0.05) is 0 Å². The zero-order chi connectivity index (χ0) is 11.7. The molecule has 1 aromatic rings. The highest BCUT2D eigenvalue weighted by atomic mass is 16.5. The molecule has 3 rings (SSSR count). The molecular weight excluding hydrogens is 216 g/mol. The van der Waals surface area contributed by atoms with E-state index < -0.39 is 0 Å². The third kappa shape index (κ3) is 2.47. The first-order chi connectivity index (χ1) is 8.33. The van der Waals surface area contributed by atoms with Crippen LogP contribution < -0.4 is 15.4 Å². The van der Waals surface area contributed by atoms with Crippen LogP contribution in [0.2, 0.25) is 0 Å². The molecule has 0 unspecified atom stereocenters.